The fourth-order valence-electron chi connectivity index (χ4n) is 1.29. The van der Waals surface area contributed by atoms with E-state index < -0.39 is 11.8 Å². The zero-order valence-corrected chi connectivity index (χ0v) is 10.0. The highest BCUT2D eigenvalue weighted by Crippen LogP contribution is 2.39. The van der Waals surface area contributed by atoms with E-state index in [1.807, 2.05) is 0 Å². The molecule has 0 radical (unpaired) electrons. The third kappa shape index (κ3) is 2.63. The van der Waals surface area contributed by atoms with Crippen molar-refractivity contribution in [2.45, 2.75) is 12.8 Å². The quantitative estimate of drug-likeness (QED) is 0.894. The molecular weight excluding hydrogens is 283 g/mol. The number of hydrogen-bond donors (Lipinski definition) is 2. The van der Waals surface area contributed by atoms with Crippen LogP contribution in [-0.2, 0) is 11.2 Å². The van der Waals surface area contributed by atoms with Gasteiger partial charge in [0.05, 0.1) is 11.6 Å². The maximum absolute atomic E-state index is 13.4. The lowest BCUT2D eigenvalue weighted by Gasteiger charge is -2.11. The molecule has 0 aliphatic rings. The highest BCUT2D eigenvalue weighted by Gasteiger charge is 2.17. The van der Waals surface area contributed by atoms with Gasteiger partial charge < -0.3 is 14.9 Å². The molecule has 0 fully saturated rings. The maximum Gasteiger partial charge on any atom is 0.303 e. The SMILES string of the molecule is COc1c(Br)cc(F)c(CCC(=O)O)c1O. The number of phenols is 1. The van der Waals surface area contributed by atoms with Crippen LogP contribution in [0.25, 0.3) is 0 Å². The first kappa shape index (κ1) is 12.8. The van der Waals surface area contributed by atoms with Crippen LogP contribution in [0.3, 0.4) is 0 Å². The molecule has 0 aromatic heterocycles. The number of hydrogen-bond acceptors (Lipinski definition) is 3. The smallest absolute Gasteiger partial charge is 0.303 e. The Kier molecular flexibility index (Phi) is 4.12. The predicted octanol–water partition coefficient (Wildman–Crippen LogP) is 2.32. The third-order valence-corrected chi connectivity index (χ3v) is 2.64. The number of carboxylic acids is 1. The monoisotopic (exact) mass is 292 g/mol. The van der Waals surface area contributed by atoms with Crippen LogP contribution in [0.15, 0.2) is 10.5 Å². The Labute approximate surface area is 99.8 Å². The second-order valence-corrected chi connectivity index (χ2v) is 3.95. The number of carboxylic acid groups (broad SMARTS) is 1. The summed E-state index contributed by atoms with van der Waals surface area (Å²) in [5.74, 6) is -1.98. The number of benzene rings is 1. The predicted molar refractivity (Wildman–Crippen MR) is 58.3 cm³/mol. The Hall–Kier alpha value is -1.30. The zero-order chi connectivity index (χ0) is 12.3. The molecule has 2 N–H and O–H groups in total. The molecule has 0 heterocycles. The van der Waals surface area contributed by atoms with Crippen LogP contribution in [0, 0.1) is 5.82 Å². The van der Waals surface area contributed by atoms with Crippen molar-refractivity contribution in [3.8, 4) is 11.5 Å². The van der Waals surface area contributed by atoms with Crippen LogP contribution < -0.4 is 4.74 Å². The van der Waals surface area contributed by atoms with Crippen molar-refractivity contribution in [1.82, 2.24) is 0 Å². The normalized spacial score (nSPS) is 10.2. The maximum atomic E-state index is 13.4. The Balaban J connectivity index is 3.12. The summed E-state index contributed by atoms with van der Waals surface area (Å²) in [7, 11) is 1.33. The van der Waals surface area contributed by atoms with E-state index in [9.17, 15) is 14.3 Å². The molecule has 0 atom stereocenters. The number of aromatic hydroxyl groups is 1. The van der Waals surface area contributed by atoms with E-state index in [1.54, 1.807) is 0 Å². The first-order valence-corrected chi connectivity index (χ1v) is 5.22. The van der Waals surface area contributed by atoms with Crippen LogP contribution in [-0.4, -0.2) is 23.3 Å². The summed E-state index contributed by atoms with van der Waals surface area (Å²) >= 11 is 3.03. The molecule has 0 unspecified atom stereocenters. The number of carbonyl (C=O) groups is 1. The number of methoxy groups -OCH3 is 1. The molecular formula is C10H10BrFO4. The molecule has 0 amide bonds. The van der Waals surface area contributed by atoms with Crippen LogP contribution >= 0.6 is 15.9 Å². The number of rotatable bonds is 4. The van der Waals surface area contributed by atoms with E-state index in [0.717, 1.165) is 6.07 Å². The molecule has 6 heteroatoms. The van der Waals surface area contributed by atoms with Gasteiger partial charge in [0.25, 0.3) is 0 Å². The lowest BCUT2D eigenvalue weighted by Crippen LogP contribution is -2.01. The molecule has 4 nitrogen and oxygen atoms in total. The molecule has 0 saturated heterocycles. The standard InChI is InChI=1S/C10H10BrFO4/c1-16-10-6(11)4-7(12)5(9(10)15)2-3-8(13)14/h4,15H,2-3H2,1H3,(H,13,14). The van der Waals surface area contributed by atoms with E-state index in [0.29, 0.717) is 0 Å². The van der Waals surface area contributed by atoms with E-state index in [4.69, 9.17) is 9.84 Å². The molecule has 1 aromatic rings. The fraction of sp³-hybridized carbons (Fsp3) is 0.300. The minimum atomic E-state index is -1.05. The lowest BCUT2D eigenvalue weighted by atomic mass is 10.1. The molecule has 16 heavy (non-hydrogen) atoms. The van der Waals surface area contributed by atoms with Crippen LogP contribution in [0.1, 0.15) is 12.0 Å². The molecule has 0 saturated carbocycles. The van der Waals surface area contributed by atoms with Crippen molar-refractivity contribution in [3.05, 3.63) is 21.9 Å². The summed E-state index contributed by atoms with van der Waals surface area (Å²) in [4.78, 5) is 10.4. The molecule has 1 aromatic carbocycles. The van der Waals surface area contributed by atoms with Crippen molar-refractivity contribution >= 4 is 21.9 Å². The van der Waals surface area contributed by atoms with Gasteiger partial charge in [0.15, 0.2) is 11.5 Å². The summed E-state index contributed by atoms with van der Waals surface area (Å²) in [6.45, 7) is 0. The van der Waals surface area contributed by atoms with Gasteiger partial charge in [0, 0.05) is 12.0 Å². The largest absolute Gasteiger partial charge is 0.504 e. The van der Waals surface area contributed by atoms with Gasteiger partial charge in [-0.25, -0.2) is 4.39 Å². The number of phenolic OH excluding ortho intramolecular Hbond substituents is 1. The Morgan fingerprint density at radius 3 is 2.75 bits per heavy atom. The fourth-order valence-corrected chi connectivity index (χ4v) is 1.84. The van der Waals surface area contributed by atoms with Crippen molar-refractivity contribution < 1.29 is 24.1 Å². The lowest BCUT2D eigenvalue weighted by molar-refractivity contribution is -0.136. The highest BCUT2D eigenvalue weighted by atomic mass is 79.9. The summed E-state index contributed by atoms with van der Waals surface area (Å²) in [6.07, 6.45) is -0.341. The van der Waals surface area contributed by atoms with Gasteiger partial charge in [0.1, 0.15) is 5.82 Å². The van der Waals surface area contributed by atoms with E-state index in [2.05, 4.69) is 15.9 Å². The Morgan fingerprint density at radius 2 is 2.25 bits per heavy atom. The van der Waals surface area contributed by atoms with Crippen molar-refractivity contribution in [1.29, 1.82) is 0 Å². The van der Waals surface area contributed by atoms with Crippen LogP contribution in [0.5, 0.6) is 11.5 Å². The van der Waals surface area contributed by atoms with Gasteiger partial charge in [-0.1, -0.05) is 0 Å². The molecule has 88 valence electrons. The van der Waals surface area contributed by atoms with Gasteiger partial charge in [-0.15, -0.1) is 0 Å². The minimum absolute atomic E-state index is 0.0533. The summed E-state index contributed by atoms with van der Waals surface area (Å²) < 4.78 is 18.6. The molecule has 0 bridgehead atoms. The van der Waals surface area contributed by atoms with Crippen LogP contribution in [0.2, 0.25) is 0 Å². The molecule has 1 rings (SSSR count). The summed E-state index contributed by atoms with van der Waals surface area (Å²) in [6, 6.07) is 1.13. The Bertz CT molecular complexity index is 420. The van der Waals surface area contributed by atoms with Crippen LogP contribution in [0.4, 0.5) is 4.39 Å². The van der Waals surface area contributed by atoms with Gasteiger partial charge in [-0.05, 0) is 28.4 Å². The van der Waals surface area contributed by atoms with Gasteiger partial charge in [0.2, 0.25) is 0 Å². The third-order valence-electron chi connectivity index (χ3n) is 2.05. The molecule has 0 aliphatic carbocycles. The number of aliphatic carboxylic acids is 1. The highest BCUT2D eigenvalue weighted by molar-refractivity contribution is 9.10. The first-order chi connectivity index (χ1) is 7.47. The molecule has 0 spiro atoms. The van der Waals surface area contributed by atoms with Crippen molar-refractivity contribution in [2.75, 3.05) is 7.11 Å². The summed E-state index contributed by atoms with van der Waals surface area (Å²) in [5, 5.41) is 18.2. The zero-order valence-electron chi connectivity index (χ0n) is 8.46. The van der Waals surface area contributed by atoms with Gasteiger partial charge in [-0.2, -0.15) is 0 Å². The molecule has 0 aliphatic heterocycles. The topological polar surface area (TPSA) is 66.8 Å². The van der Waals surface area contributed by atoms with Gasteiger partial charge in [-0.3, -0.25) is 4.79 Å². The van der Waals surface area contributed by atoms with E-state index >= 15 is 0 Å². The first-order valence-electron chi connectivity index (χ1n) is 4.43. The van der Waals surface area contributed by atoms with E-state index in [1.165, 1.54) is 7.11 Å². The number of halogens is 2. The van der Waals surface area contributed by atoms with Gasteiger partial charge >= 0.3 is 5.97 Å². The van der Waals surface area contributed by atoms with Crippen molar-refractivity contribution in [3.63, 3.8) is 0 Å². The van der Waals surface area contributed by atoms with E-state index in [-0.39, 0.29) is 34.4 Å². The average Bonchev–Trinajstić information content (AvgIpc) is 2.16. The second kappa shape index (κ2) is 5.16. The summed E-state index contributed by atoms with van der Waals surface area (Å²) in [5.41, 5.74) is -0.0533. The minimum Gasteiger partial charge on any atom is -0.504 e. The van der Waals surface area contributed by atoms with Crippen molar-refractivity contribution in [2.24, 2.45) is 0 Å². The number of ether oxygens (including phenoxy) is 1. The Morgan fingerprint density at radius 1 is 1.62 bits per heavy atom. The average molecular weight is 293 g/mol. The second-order valence-electron chi connectivity index (χ2n) is 3.09.